The van der Waals surface area contributed by atoms with Crippen LogP contribution < -0.4 is 5.32 Å². The molecular weight excluding hydrogens is 248 g/mol. The van der Waals surface area contributed by atoms with Crippen LogP contribution in [0.2, 0.25) is 0 Å². The molecule has 0 aromatic heterocycles. The minimum atomic E-state index is 0.123. The molecule has 0 radical (unpaired) electrons. The molecule has 1 heterocycles. The molecule has 0 atom stereocenters. The number of carbonyl (C=O) groups is 1. The van der Waals surface area contributed by atoms with Crippen LogP contribution in [-0.4, -0.2) is 30.4 Å². The quantitative estimate of drug-likeness (QED) is 0.856. The first-order valence-corrected chi connectivity index (χ1v) is 7.03. The highest BCUT2D eigenvalue weighted by Crippen LogP contribution is 2.46. The van der Waals surface area contributed by atoms with Gasteiger partial charge in [0.2, 0.25) is 5.91 Å². The summed E-state index contributed by atoms with van der Waals surface area (Å²) in [6.45, 7) is 2.12. The second kappa shape index (κ2) is 4.46. The number of benzene rings is 2. The summed E-state index contributed by atoms with van der Waals surface area (Å²) >= 11 is 0. The molecule has 0 unspecified atom stereocenters. The second-order valence-corrected chi connectivity index (χ2v) is 5.40. The summed E-state index contributed by atoms with van der Waals surface area (Å²) in [6.07, 6.45) is 0. The van der Waals surface area contributed by atoms with Crippen LogP contribution in [0.1, 0.15) is 17.2 Å². The van der Waals surface area contributed by atoms with Crippen LogP contribution in [-0.2, 0) is 4.79 Å². The van der Waals surface area contributed by atoms with Crippen molar-refractivity contribution < 1.29 is 4.79 Å². The standard InChI is InChI=1S/C17H16N2O/c20-16-11-19(10-9-18-16)17-14-7-3-1-5-12(14)13-6-2-4-8-15(13)17/h1-8,17H,9-11H2,(H,18,20). The zero-order valence-electron chi connectivity index (χ0n) is 11.2. The van der Waals surface area contributed by atoms with Crippen molar-refractivity contribution in [2.45, 2.75) is 6.04 Å². The molecule has 4 rings (SSSR count). The van der Waals surface area contributed by atoms with E-state index in [1.165, 1.54) is 22.3 Å². The first-order chi connectivity index (χ1) is 9.84. The predicted molar refractivity (Wildman–Crippen MR) is 78.3 cm³/mol. The molecule has 1 N–H and O–H groups in total. The minimum Gasteiger partial charge on any atom is -0.354 e. The first kappa shape index (κ1) is 11.7. The molecule has 1 aliphatic carbocycles. The van der Waals surface area contributed by atoms with Crippen molar-refractivity contribution in [2.24, 2.45) is 0 Å². The van der Waals surface area contributed by atoms with Gasteiger partial charge in [-0.15, -0.1) is 0 Å². The lowest BCUT2D eigenvalue weighted by Crippen LogP contribution is -2.48. The highest BCUT2D eigenvalue weighted by Gasteiger charge is 2.34. The molecule has 0 bridgehead atoms. The SMILES string of the molecule is O=C1CN(C2c3ccccc3-c3ccccc32)CCN1. The Hall–Kier alpha value is -2.13. The molecule has 20 heavy (non-hydrogen) atoms. The summed E-state index contributed by atoms with van der Waals surface area (Å²) in [6, 6.07) is 17.3. The van der Waals surface area contributed by atoms with E-state index >= 15 is 0 Å². The summed E-state index contributed by atoms with van der Waals surface area (Å²) in [5.41, 5.74) is 5.25. The molecular formula is C17H16N2O. The largest absolute Gasteiger partial charge is 0.354 e. The number of hydrogen-bond donors (Lipinski definition) is 1. The van der Waals surface area contributed by atoms with Gasteiger partial charge in [-0.3, -0.25) is 9.69 Å². The van der Waals surface area contributed by atoms with Gasteiger partial charge >= 0.3 is 0 Å². The van der Waals surface area contributed by atoms with Crippen molar-refractivity contribution in [3.63, 3.8) is 0 Å². The number of rotatable bonds is 1. The highest BCUT2D eigenvalue weighted by atomic mass is 16.2. The lowest BCUT2D eigenvalue weighted by Gasteiger charge is -2.33. The third-order valence-electron chi connectivity index (χ3n) is 4.23. The summed E-state index contributed by atoms with van der Waals surface area (Å²) in [7, 11) is 0. The van der Waals surface area contributed by atoms with Crippen LogP contribution in [0.5, 0.6) is 0 Å². The van der Waals surface area contributed by atoms with Crippen molar-refractivity contribution in [1.82, 2.24) is 10.2 Å². The number of piperazine rings is 1. The van der Waals surface area contributed by atoms with Crippen molar-refractivity contribution in [1.29, 1.82) is 0 Å². The van der Waals surface area contributed by atoms with E-state index in [4.69, 9.17) is 0 Å². The van der Waals surface area contributed by atoms with Crippen LogP contribution in [0.4, 0.5) is 0 Å². The molecule has 1 aliphatic heterocycles. The van der Waals surface area contributed by atoms with Gasteiger partial charge in [-0.25, -0.2) is 0 Å². The molecule has 2 aliphatic rings. The van der Waals surface area contributed by atoms with Gasteiger partial charge in [0.05, 0.1) is 12.6 Å². The van der Waals surface area contributed by atoms with Gasteiger partial charge < -0.3 is 5.32 Å². The maximum Gasteiger partial charge on any atom is 0.234 e. The molecule has 1 fully saturated rings. The van der Waals surface area contributed by atoms with Gasteiger partial charge in [-0.2, -0.15) is 0 Å². The van der Waals surface area contributed by atoms with E-state index in [-0.39, 0.29) is 11.9 Å². The maximum absolute atomic E-state index is 11.7. The Kier molecular flexibility index (Phi) is 2.60. The van der Waals surface area contributed by atoms with E-state index in [9.17, 15) is 4.79 Å². The van der Waals surface area contributed by atoms with Crippen LogP contribution in [0.15, 0.2) is 48.5 Å². The number of fused-ring (bicyclic) bond motifs is 3. The average molecular weight is 264 g/mol. The summed E-state index contributed by atoms with van der Waals surface area (Å²) < 4.78 is 0. The van der Waals surface area contributed by atoms with E-state index in [0.717, 1.165) is 13.1 Å². The smallest absolute Gasteiger partial charge is 0.234 e. The average Bonchev–Trinajstić information content (AvgIpc) is 2.82. The van der Waals surface area contributed by atoms with E-state index < -0.39 is 0 Å². The lowest BCUT2D eigenvalue weighted by atomic mass is 10.0. The predicted octanol–water partition coefficient (Wildman–Crippen LogP) is 2.19. The molecule has 1 amide bonds. The normalized spacial score (nSPS) is 18.5. The molecule has 0 saturated carbocycles. The van der Waals surface area contributed by atoms with Gasteiger partial charge in [0.15, 0.2) is 0 Å². The van der Waals surface area contributed by atoms with Crippen LogP contribution in [0, 0.1) is 0 Å². The van der Waals surface area contributed by atoms with Crippen LogP contribution >= 0.6 is 0 Å². The van der Waals surface area contributed by atoms with Crippen LogP contribution in [0.3, 0.4) is 0 Å². The maximum atomic E-state index is 11.7. The summed E-state index contributed by atoms with van der Waals surface area (Å²) in [5.74, 6) is 0.123. The fraction of sp³-hybridized carbons (Fsp3) is 0.235. The fourth-order valence-corrected chi connectivity index (χ4v) is 3.40. The number of nitrogens with zero attached hydrogens (tertiary/aromatic N) is 1. The van der Waals surface area contributed by atoms with Gasteiger partial charge in [0.1, 0.15) is 0 Å². The van der Waals surface area contributed by atoms with Gasteiger partial charge in [-0.1, -0.05) is 48.5 Å². The number of carbonyl (C=O) groups excluding carboxylic acids is 1. The molecule has 3 heteroatoms. The third-order valence-corrected chi connectivity index (χ3v) is 4.23. The number of nitrogens with one attached hydrogen (secondary N) is 1. The molecule has 0 spiro atoms. The second-order valence-electron chi connectivity index (χ2n) is 5.40. The zero-order chi connectivity index (χ0) is 13.5. The van der Waals surface area contributed by atoms with Crippen molar-refractivity contribution in [3.8, 4) is 11.1 Å². The van der Waals surface area contributed by atoms with Crippen molar-refractivity contribution >= 4 is 5.91 Å². The van der Waals surface area contributed by atoms with E-state index in [2.05, 4.69) is 58.7 Å². The minimum absolute atomic E-state index is 0.123. The summed E-state index contributed by atoms with van der Waals surface area (Å²) in [5, 5.41) is 2.90. The van der Waals surface area contributed by atoms with Crippen molar-refractivity contribution in [2.75, 3.05) is 19.6 Å². The molecule has 2 aromatic rings. The lowest BCUT2D eigenvalue weighted by molar-refractivity contribution is -0.124. The first-order valence-electron chi connectivity index (χ1n) is 7.03. The van der Waals surface area contributed by atoms with Gasteiger partial charge in [0, 0.05) is 13.1 Å². The Morgan fingerprint density at radius 3 is 2.15 bits per heavy atom. The topological polar surface area (TPSA) is 32.3 Å². The third kappa shape index (κ3) is 1.67. The molecule has 3 nitrogen and oxygen atoms in total. The summed E-state index contributed by atoms with van der Waals surface area (Å²) in [4.78, 5) is 14.0. The molecule has 100 valence electrons. The van der Waals surface area contributed by atoms with E-state index in [1.807, 2.05) is 0 Å². The fourth-order valence-electron chi connectivity index (χ4n) is 3.40. The Morgan fingerprint density at radius 2 is 1.55 bits per heavy atom. The molecule has 1 saturated heterocycles. The highest BCUT2D eigenvalue weighted by molar-refractivity contribution is 5.81. The van der Waals surface area contributed by atoms with Crippen molar-refractivity contribution in [3.05, 3.63) is 59.7 Å². The van der Waals surface area contributed by atoms with Crippen LogP contribution in [0.25, 0.3) is 11.1 Å². The Labute approximate surface area is 118 Å². The monoisotopic (exact) mass is 264 g/mol. The van der Waals surface area contributed by atoms with E-state index in [1.54, 1.807) is 0 Å². The number of amides is 1. The van der Waals surface area contributed by atoms with E-state index in [0.29, 0.717) is 6.54 Å². The Balaban J connectivity index is 1.85. The molecule has 2 aromatic carbocycles. The number of hydrogen-bond acceptors (Lipinski definition) is 2. The van der Waals surface area contributed by atoms with Gasteiger partial charge in [-0.05, 0) is 22.3 Å². The Bertz CT molecular complexity index is 635. The Morgan fingerprint density at radius 1 is 0.950 bits per heavy atom. The zero-order valence-corrected chi connectivity index (χ0v) is 11.2. The van der Waals surface area contributed by atoms with Gasteiger partial charge in [0.25, 0.3) is 0 Å².